The van der Waals surface area contributed by atoms with Crippen LogP contribution in [0.2, 0.25) is 5.02 Å². The van der Waals surface area contributed by atoms with E-state index in [2.05, 4.69) is 56.1 Å². The first-order chi connectivity index (χ1) is 17.0. The lowest BCUT2D eigenvalue weighted by Gasteiger charge is -2.34. The molecule has 2 aliphatic heterocycles. The van der Waals surface area contributed by atoms with Crippen molar-refractivity contribution in [2.75, 3.05) is 60.2 Å². The molecule has 0 spiro atoms. The van der Waals surface area contributed by atoms with Crippen LogP contribution in [0.15, 0.2) is 61.3 Å². The van der Waals surface area contributed by atoms with Crippen LogP contribution < -0.4 is 20.4 Å². The van der Waals surface area contributed by atoms with Crippen molar-refractivity contribution in [3.05, 3.63) is 71.9 Å². The molecule has 0 aliphatic carbocycles. The number of likely N-dealkylation sites (N-methyl/N-ethyl adjacent to an activating group) is 1. The van der Waals surface area contributed by atoms with Gasteiger partial charge in [0.2, 0.25) is 11.9 Å². The summed E-state index contributed by atoms with van der Waals surface area (Å²) in [5, 5.41) is 6.58. The topological polar surface area (TPSA) is 76.6 Å². The van der Waals surface area contributed by atoms with E-state index in [0.717, 1.165) is 50.5 Å². The van der Waals surface area contributed by atoms with Crippen molar-refractivity contribution in [1.29, 1.82) is 0 Å². The molecule has 0 atom stereocenters. The van der Waals surface area contributed by atoms with Crippen molar-refractivity contribution in [1.82, 2.24) is 14.9 Å². The molecule has 9 heteroatoms. The molecule has 180 valence electrons. The van der Waals surface area contributed by atoms with Crippen LogP contribution in [0.25, 0.3) is 0 Å². The van der Waals surface area contributed by atoms with Crippen molar-refractivity contribution < 1.29 is 4.79 Å². The molecule has 2 aromatic carbocycles. The van der Waals surface area contributed by atoms with Crippen molar-refractivity contribution >= 4 is 52.0 Å². The number of hydrogen-bond donors (Lipinski definition) is 2. The highest BCUT2D eigenvalue weighted by molar-refractivity contribution is 6.33. The van der Waals surface area contributed by atoms with Gasteiger partial charge in [0.05, 0.1) is 6.20 Å². The summed E-state index contributed by atoms with van der Waals surface area (Å²) in [5.41, 5.74) is 4.96. The molecule has 0 radical (unpaired) electrons. The van der Waals surface area contributed by atoms with Gasteiger partial charge in [-0.25, -0.2) is 4.98 Å². The molecule has 3 aromatic rings. The van der Waals surface area contributed by atoms with Gasteiger partial charge in [0.15, 0.2) is 5.82 Å². The average Bonchev–Trinajstić information content (AvgIpc) is 3.29. The maximum absolute atomic E-state index is 11.7. The molecule has 3 heterocycles. The van der Waals surface area contributed by atoms with Gasteiger partial charge < -0.3 is 25.3 Å². The zero-order valence-electron chi connectivity index (χ0n) is 19.7. The number of rotatable bonds is 6. The third-order valence-corrected chi connectivity index (χ3v) is 6.67. The molecule has 0 saturated carbocycles. The zero-order chi connectivity index (χ0) is 24.4. The van der Waals surface area contributed by atoms with E-state index in [1.807, 2.05) is 30.3 Å². The monoisotopic (exact) mass is 489 g/mol. The number of fused-ring (bicyclic) bond motifs is 1. The Morgan fingerprint density at radius 2 is 1.80 bits per heavy atom. The van der Waals surface area contributed by atoms with Gasteiger partial charge in [-0.15, -0.1) is 0 Å². The summed E-state index contributed by atoms with van der Waals surface area (Å²) in [4.78, 5) is 27.7. The third-order valence-electron chi connectivity index (χ3n) is 6.41. The average molecular weight is 490 g/mol. The Morgan fingerprint density at radius 3 is 2.54 bits per heavy atom. The van der Waals surface area contributed by atoms with Gasteiger partial charge in [-0.1, -0.05) is 24.2 Å². The molecular weight excluding hydrogens is 462 g/mol. The third kappa shape index (κ3) is 5.08. The van der Waals surface area contributed by atoms with Crippen LogP contribution in [0.5, 0.6) is 0 Å². The van der Waals surface area contributed by atoms with Gasteiger partial charge in [0.25, 0.3) is 0 Å². The maximum Gasteiger partial charge on any atom is 0.247 e. The number of anilines is 6. The molecule has 1 saturated heterocycles. The Morgan fingerprint density at radius 1 is 1.06 bits per heavy atom. The second-order valence-corrected chi connectivity index (χ2v) is 9.17. The summed E-state index contributed by atoms with van der Waals surface area (Å²) in [5.74, 6) is 0.852. The van der Waals surface area contributed by atoms with Crippen LogP contribution in [0, 0.1) is 0 Å². The number of amides is 1. The molecule has 8 nitrogen and oxygen atoms in total. The number of aromatic nitrogens is 2. The van der Waals surface area contributed by atoms with Crippen molar-refractivity contribution in [2.45, 2.75) is 6.42 Å². The summed E-state index contributed by atoms with van der Waals surface area (Å²) in [6.45, 7) is 8.46. The highest BCUT2D eigenvalue weighted by atomic mass is 35.5. The molecule has 1 fully saturated rings. The lowest BCUT2D eigenvalue weighted by atomic mass is 10.1. The first kappa shape index (κ1) is 23.1. The number of carbonyl (C=O) groups is 1. The first-order valence-corrected chi connectivity index (χ1v) is 12.0. The molecule has 35 heavy (non-hydrogen) atoms. The molecular formula is C26H28ClN7O. The second kappa shape index (κ2) is 9.93. The maximum atomic E-state index is 11.7. The van der Waals surface area contributed by atoms with E-state index in [-0.39, 0.29) is 5.91 Å². The Hall–Kier alpha value is -3.62. The van der Waals surface area contributed by atoms with Crippen LogP contribution in [0.4, 0.5) is 34.5 Å². The summed E-state index contributed by atoms with van der Waals surface area (Å²) in [7, 11) is 2.16. The molecule has 2 aliphatic rings. The fraction of sp³-hybridized carbons (Fsp3) is 0.269. The van der Waals surface area contributed by atoms with Gasteiger partial charge in [0, 0.05) is 55.5 Å². The van der Waals surface area contributed by atoms with E-state index in [0.29, 0.717) is 22.5 Å². The van der Waals surface area contributed by atoms with Crippen LogP contribution in [0.1, 0.15) is 5.56 Å². The van der Waals surface area contributed by atoms with Gasteiger partial charge in [0.1, 0.15) is 5.02 Å². The zero-order valence-corrected chi connectivity index (χ0v) is 20.4. The van der Waals surface area contributed by atoms with Gasteiger partial charge >= 0.3 is 0 Å². The van der Waals surface area contributed by atoms with Crippen molar-refractivity contribution in [3.63, 3.8) is 0 Å². The first-order valence-electron chi connectivity index (χ1n) is 11.7. The number of benzene rings is 2. The van der Waals surface area contributed by atoms with Crippen LogP contribution in [-0.4, -0.2) is 60.5 Å². The molecule has 0 unspecified atom stereocenters. The van der Waals surface area contributed by atoms with E-state index in [1.165, 1.54) is 17.3 Å². The summed E-state index contributed by atoms with van der Waals surface area (Å²) < 4.78 is 0. The Bertz CT molecular complexity index is 1240. The normalized spacial score (nSPS) is 15.6. The predicted octanol–water partition coefficient (Wildman–Crippen LogP) is 4.44. The molecule has 0 bridgehead atoms. The minimum atomic E-state index is -0.250. The molecule has 2 N–H and O–H groups in total. The van der Waals surface area contributed by atoms with Gasteiger partial charge in [-0.2, -0.15) is 4.98 Å². The second-order valence-electron chi connectivity index (χ2n) is 8.77. The predicted molar refractivity (Wildman–Crippen MR) is 142 cm³/mol. The van der Waals surface area contributed by atoms with E-state index in [1.54, 1.807) is 6.20 Å². The number of piperazine rings is 1. The van der Waals surface area contributed by atoms with E-state index < -0.39 is 0 Å². The Balaban J connectivity index is 1.34. The number of carbonyl (C=O) groups excluding carboxylic acids is 1. The molecule has 1 aromatic heterocycles. The largest absolute Gasteiger partial charge is 0.369 e. The lowest BCUT2D eigenvalue weighted by molar-refractivity contribution is -0.111. The smallest absolute Gasteiger partial charge is 0.247 e. The minimum Gasteiger partial charge on any atom is -0.369 e. The Kier molecular flexibility index (Phi) is 6.57. The number of halogens is 1. The fourth-order valence-corrected chi connectivity index (χ4v) is 4.62. The number of nitrogens with zero attached hydrogens (tertiary/aromatic N) is 5. The van der Waals surface area contributed by atoms with Gasteiger partial charge in [-0.3, -0.25) is 4.79 Å². The number of nitrogens with one attached hydrogen (secondary N) is 2. The minimum absolute atomic E-state index is 0.250. The van der Waals surface area contributed by atoms with Crippen LogP contribution >= 0.6 is 11.6 Å². The van der Waals surface area contributed by atoms with Crippen molar-refractivity contribution in [3.8, 4) is 0 Å². The fourth-order valence-electron chi connectivity index (χ4n) is 4.43. The molecule has 5 rings (SSSR count). The summed E-state index contributed by atoms with van der Waals surface area (Å²) >= 11 is 6.52. The van der Waals surface area contributed by atoms with Crippen LogP contribution in [0.3, 0.4) is 0 Å². The highest BCUT2D eigenvalue weighted by Gasteiger charge is 2.24. The standard InChI is InChI=1S/C26H28ClN7O/c1-3-24(35)29-20-5-4-18-10-11-34(23(18)16-20)25-22(27)17-28-26(31-25)30-19-6-8-21(9-7-19)33-14-12-32(2)13-15-33/h3-9,16-17H,1,10-15H2,2H3,(H,29,35)(H,28,30,31). The number of hydrogen-bond acceptors (Lipinski definition) is 7. The SMILES string of the molecule is C=CC(=O)Nc1ccc2c(c1)N(c1nc(Nc3ccc(N4CCN(C)CC4)cc3)ncc1Cl)CC2. The van der Waals surface area contributed by atoms with E-state index in [4.69, 9.17) is 16.6 Å². The van der Waals surface area contributed by atoms with Crippen molar-refractivity contribution in [2.24, 2.45) is 0 Å². The summed E-state index contributed by atoms with van der Waals surface area (Å²) in [6, 6.07) is 14.2. The lowest BCUT2D eigenvalue weighted by Crippen LogP contribution is -2.44. The van der Waals surface area contributed by atoms with E-state index in [9.17, 15) is 4.79 Å². The van der Waals surface area contributed by atoms with Gasteiger partial charge in [-0.05, 0) is 61.5 Å². The highest BCUT2D eigenvalue weighted by Crippen LogP contribution is 2.38. The van der Waals surface area contributed by atoms with Crippen LogP contribution in [-0.2, 0) is 11.2 Å². The molecule has 1 amide bonds. The Labute approximate surface area is 210 Å². The summed E-state index contributed by atoms with van der Waals surface area (Å²) in [6.07, 6.45) is 3.73. The van der Waals surface area contributed by atoms with E-state index >= 15 is 0 Å². The quantitative estimate of drug-likeness (QED) is 0.495.